The molecule has 3 heterocycles. The summed E-state index contributed by atoms with van der Waals surface area (Å²) >= 11 is 0. The molecule has 2 bridgehead atoms. The molecule has 3 aliphatic rings. The van der Waals surface area contributed by atoms with E-state index in [0.717, 1.165) is 25.9 Å². The second kappa shape index (κ2) is 4.81. The molecular weight excluding hydrogens is 253 g/mol. The first-order valence-corrected chi connectivity index (χ1v) is 7.86. The quantitative estimate of drug-likeness (QED) is 0.894. The van der Waals surface area contributed by atoms with E-state index >= 15 is 4.39 Å². The van der Waals surface area contributed by atoms with Crippen LogP contribution in [0.1, 0.15) is 49.3 Å². The molecule has 2 nitrogen and oxygen atoms in total. The maximum absolute atomic E-state index is 15.3. The Morgan fingerprint density at radius 3 is 2.75 bits per heavy atom. The van der Waals surface area contributed by atoms with Crippen LogP contribution in [0.5, 0.6) is 0 Å². The zero-order chi connectivity index (χ0) is 13.6. The van der Waals surface area contributed by atoms with Crippen LogP contribution in [-0.2, 0) is 11.2 Å². The lowest BCUT2D eigenvalue weighted by Gasteiger charge is -2.38. The minimum Gasteiger partial charge on any atom is -0.373 e. The molecule has 0 aliphatic carbocycles. The van der Waals surface area contributed by atoms with Crippen LogP contribution in [0.15, 0.2) is 24.3 Å². The number of hydrogen-bond acceptors (Lipinski definition) is 2. The van der Waals surface area contributed by atoms with E-state index in [4.69, 9.17) is 4.74 Å². The highest BCUT2D eigenvalue weighted by Gasteiger charge is 2.45. The van der Waals surface area contributed by atoms with Gasteiger partial charge in [0.15, 0.2) is 0 Å². The molecule has 4 rings (SSSR count). The van der Waals surface area contributed by atoms with Crippen molar-refractivity contribution in [3.8, 4) is 0 Å². The van der Waals surface area contributed by atoms with Crippen molar-refractivity contribution in [3.05, 3.63) is 35.4 Å². The fraction of sp³-hybridized carbons (Fsp3) is 0.647. The number of benzene rings is 1. The maximum atomic E-state index is 15.3. The highest BCUT2D eigenvalue weighted by Crippen LogP contribution is 2.44. The van der Waals surface area contributed by atoms with Crippen LogP contribution in [0.3, 0.4) is 0 Å². The van der Waals surface area contributed by atoms with Gasteiger partial charge in [0.05, 0.1) is 12.7 Å². The molecule has 2 fully saturated rings. The van der Waals surface area contributed by atoms with Gasteiger partial charge < -0.3 is 10.1 Å². The third-order valence-electron chi connectivity index (χ3n) is 5.20. The van der Waals surface area contributed by atoms with Crippen LogP contribution in [0, 0.1) is 0 Å². The number of nitrogens with one attached hydrogen (secondary N) is 1. The fourth-order valence-corrected chi connectivity index (χ4v) is 4.34. The molecule has 1 aromatic carbocycles. The van der Waals surface area contributed by atoms with Gasteiger partial charge in [-0.25, -0.2) is 4.39 Å². The first-order chi connectivity index (χ1) is 9.72. The summed E-state index contributed by atoms with van der Waals surface area (Å²) in [6, 6.07) is 9.14. The van der Waals surface area contributed by atoms with Crippen LogP contribution >= 0.6 is 0 Å². The Morgan fingerprint density at radius 2 is 1.95 bits per heavy atom. The van der Waals surface area contributed by atoms with Gasteiger partial charge in [0.25, 0.3) is 0 Å². The third-order valence-corrected chi connectivity index (χ3v) is 5.20. The van der Waals surface area contributed by atoms with Gasteiger partial charge in [-0.05, 0) is 43.2 Å². The molecule has 3 heteroatoms. The van der Waals surface area contributed by atoms with E-state index in [-0.39, 0.29) is 6.10 Å². The Morgan fingerprint density at radius 1 is 1.20 bits per heavy atom. The van der Waals surface area contributed by atoms with E-state index in [0.29, 0.717) is 31.3 Å². The van der Waals surface area contributed by atoms with Gasteiger partial charge in [-0.1, -0.05) is 24.3 Å². The van der Waals surface area contributed by atoms with E-state index < -0.39 is 5.67 Å². The van der Waals surface area contributed by atoms with Crippen molar-refractivity contribution >= 4 is 0 Å². The summed E-state index contributed by atoms with van der Waals surface area (Å²) in [6.07, 6.45) is 5.02. The summed E-state index contributed by atoms with van der Waals surface area (Å²) in [4.78, 5) is 0. The van der Waals surface area contributed by atoms with E-state index in [2.05, 4.69) is 23.5 Å². The SMILES string of the molecule is FC1(CC2OCCc3ccccc32)CC2CCC(C1)N2. The smallest absolute Gasteiger partial charge is 0.116 e. The van der Waals surface area contributed by atoms with Gasteiger partial charge in [-0.15, -0.1) is 0 Å². The number of hydrogen-bond donors (Lipinski definition) is 1. The van der Waals surface area contributed by atoms with E-state index in [1.165, 1.54) is 11.1 Å². The summed E-state index contributed by atoms with van der Waals surface area (Å²) in [5.74, 6) is 0. The second-order valence-electron chi connectivity index (χ2n) is 6.71. The number of ether oxygens (including phenoxy) is 1. The zero-order valence-electron chi connectivity index (χ0n) is 11.8. The Labute approximate surface area is 119 Å². The van der Waals surface area contributed by atoms with Gasteiger partial charge >= 0.3 is 0 Å². The summed E-state index contributed by atoms with van der Waals surface area (Å²) < 4.78 is 21.2. The van der Waals surface area contributed by atoms with Gasteiger partial charge in [0, 0.05) is 18.5 Å². The molecule has 1 aromatic rings. The van der Waals surface area contributed by atoms with Gasteiger partial charge in [-0.2, -0.15) is 0 Å². The van der Waals surface area contributed by atoms with Crippen LogP contribution in [-0.4, -0.2) is 24.4 Å². The van der Waals surface area contributed by atoms with Crippen molar-refractivity contribution in [2.45, 2.75) is 62.4 Å². The number of fused-ring (bicyclic) bond motifs is 3. The van der Waals surface area contributed by atoms with Crippen molar-refractivity contribution in [2.75, 3.05) is 6.61 Å². The normalized spacial score (nSPS) is 39.5. The molecule has 0 radical (unpaired) electrons. The monoisotopic (exact) mass is 275 g/mol. The first-order valence-electron chi connectivity index (χ1n) is 7.86. The van der Waals surface area contributed by atoms with Gasteiger partial charge in [0.1, 0.15) is 5.67 Å². The maximum Gasteiger partial charge on any atom is 0.116 e. The predicted octanol–water partition coefficient (Wildman–Crippen LogP) is 3.31. The standard InChI is InChI=1S/C17H22FNO/c18-17(9-13-5-6-14(10-17)19-13)11-16-15-4-2-1-3-12(15)7-8-20-16/h1-4,13-14,16,19H,5-11H2. The minimum absolute atomic E-state index is 0.0533. The molecule has 0 amide bonds. The second-order valence-corrected chi connectivity index (χ2v) is 6.71. The highest BCUT2D eigenvalue weighted by atomic mass is 19.1. The molecule has 0 saturated carbocycles. The molecule has 20 heavy (non-hydrogen) atoms. The summed E-state index contributed by atoms with van der Waals surface area (Å²) in [5.41, 5.74) is 1.50. The Kier molecular flexibility index (Phi) is 3.08. The molecule has 2 saturated heterocycles. The molecule has 0 aromatic heterocycles. The predicted molar refractivity (Wildman–Crippen MR) is 76.5 cm³/mol. The highest BCUT2D eigenvalue weighted by molar-refractivity contribution is 5.31. The average molecular weight is 275 g/mol. The van der Waals surface area contributed by atoms with Crippen molar-refractivity contribution < 1.29 is 9.13 Å². The zero-order valence-corrected chi connectivity index (χ0v) is 11.8. The van der Waals surface area contributed by atoms with Crippen molar-refractivity contribution in [3.63, 3.8) is 0 Å². The Balaban J connectivity index is 1.55. The number of halogens is 1. The Hall–Kier alpha value is -0.930. The molecule has 3 unspecified atom stereocenters. The number of piperidine rings is 1. The average Bonchev–Trinajstić information content (AvgIpc) is 2.79. The lowest BCUT2D eigenvalue weighted by Crippen LogP contribution is -2.47. The van der Waals surface area contributed by atoms with Gasteiger partial charge in [-0.3, -0.25) is 0 Å². The van der Waals surface area contributed by atoms with Crippen molar-refractivity contribution in [2.24, 2.45) is 0 Å². The van der Waals surface area contributed by atoms with Crippen molar-refractivity contribution in [1.29, 1.82) is 0 Å². The lowest BCUT2D eigenvalue weighted by atomic mass is 9.82. The summed E-state index contributed by atoms with van der Waals surface area (Å²) in [6.45, 7) is 0.725. The van der Waals surface area contributed by atoms with Crippen LogP contribution in [0.4, 0.5) is 4.39 Å². The molecule has 1 N–H and O–H groups in total. The van der Waals surface area contributed by atoms with Crippen LogP contribution < -0.4 is 5.32 Å². The number of alkyl halides is 1. The molecule has 3 aliphatic heterocycles. The number of rotatable bonds is 2. The lowest BCUT2D eigenvalue weighted by molar-refractivity contribution is -0.0242. The summed E-state index contributed by atoms with van der Waals surface area (Å²) in [5, 5.41) is 3.52. The van der Waals surface area contributed by atoms with E-state index in [1.807, 2.05) is 6.07 Å². The molecule has 0 spiro atoms. The third kappa shape index (κ3) is 2.27. The fourth-order valence-electron chi connectivity index (χ4n) is 4.34. The van der Waals surface area contributed by atoms with Crippen LogP contribution in [0.25, 0.3) is 0 Å². The minimum atomic E-state index is -1.05. The topological polar surface area (TPSA) is 21.3 Å². The summed E-state index contributed by atoms with van der Waals surface area (Å²) in [7, 11) is 0. The molecular formula is C17H22FNO. The van der Waals surface area contributed by atoms with Crippen molar-refractivity contribution in [1.82, 2.24) is 5.32 Å². The van der Waals surface area contributed by atoms with Gasteiger partial charge in [0.2, 0.25) is 0 Å². The molecule has 3 atom stereocenters. The molecule has 108 valence electrons. The van der Waals surface area contributed by atoms with E-state index in [1.54, 1.807) is 0 Å². The van der Waals surface area contributed by atoms with Crippen LogP contribution in [0.2, 0.25) is 0 Å². The largest absolute Gasteiger partial charge is 0.373 e. The Bertz CT molecular complexity index is 492. The van der Waals surface area contributed by atoms with E-state index in [9.17, 15) is 0 Å². The first kappa shape index (κ1) is 12.8.